The van der Waals surface area contributed by atoms with E-state index in [-0.39, 0.29) is 12.6 Å². The van der Waals surface area contributed by atoms with Crippen LogP contribution in [0.15, 0.2) is 12.7 Å². The van der Waals surface area contributed by atoms with Crippen LogP contribution in [0.25, 0.3) is 0 Å². The minimum absolute atomic E-state index is 0.245. The highest BCUT2D eigenvalue weighted by molar-refractivity contribution is 4.84. The van der Waals surface area contributed by atoms with Gasteiger partial charge in [-0.25, -0.2) is 0 Å². The average molecular weight is 198 g/mol. The van der Waals surface area contributed by atoms with E-state index < -0.39 is 0 Å². The molecule has 0 bridgehead atoms. The zero-order valence-electron chi connectivity index (χ0n) is 9.32. The van der Waals surface area contributed by atoms with Gasteiger partial charge in [0, 0.05) is 31.7 Å². The van der Waals surface area contributed by atoms with Crippen LogP contribution in [0.2, 0.25) is 0 Å². The summed E-state index contributed by atoms with van der Waals surface area (Å²) in [5.41, 5.74) is 0. The molecule has 2 unspecified atom stereocenters. The summed E-state index contributed by atoms with van der Waals surface area (Å²) in [5.74, 6) is 0. The topological polar surface area (TPSA) is 26.7 Å². The van der Waals surface area contributed by atoms with Crippen molar-refractivity contribution in [1.29, 1.82) is 0 Å². The van der Waals surface area contributed by atoms with Crippen molar-refractivity contribution >= 4 is 0 Å². The van der Waals surface area contributed by atoms with Crippen LogP contribution in [0.4, 0.5) is 0 Å². The molecule has 1 N–H and O–H groups in total. The summed E-state index contributed by atoms with van der Waals surface area (Å²) in [4.78, 5) is 4.64. The van der Waals surface area contributed by atoms with E-state index in [4.69, 9.17) is 0 Å². The first-order valence-corrected chi connectivity index (χ1v) is 5.35. The molecule has 1 aliphatic heterocycles. The van der Waals surface area contributed by atoms with E-state index in [0.29, 0.717) is 6.04 Å². The van der Waals surface area contributed by atoms with Crippen molar-refractivity contribution in [2.24, 2.45) is 0 Å². The fourth-order valence-electron chi connectivity index (χ4n) is 1.99. The lowest BCUT2D eigenvalue weighted by Gasteiger charge is -2.29. The van der Waals surface area contributed by atoms with Crippen LogP contribution in [-0.4, -0.2) is 60.3 Å². The Hall–Kier alpha value is -0.380. The summed E-state index contributed by atoms with van der Waals surface area (Å²) in [7, 11) is 2.10. The van der Waals surface area contributed by atoms with Gasteiger partial charge in [-0.15, -0.1) is 6.58 Å². The summed E-state index contributed by atoms with van der Waals surface area (Å²) in [6.07, 6.45) is 3.10. The van der Waals surface area contributed by atoms with Crippen LogP contribution in [-0.2, 0) is 0 Å². The highest BCUT2D eigenvalue weighted by Crippen LogP contribution is 2.13. The molecule has 0 aromatic heterocycles. The Labute approximate surface area is 87.0 Å². The summed E-state index contributed by atoms with van der Waals surface area (Å²) in [6, 6.07) is 0.828. The van der Waals surface area contributed by atoms with Crippen molar-refractivity contribution in [1.82, 2.24) is 9.80 Å². The van der Waals surface area contributed by atoms with Crippen LogP contribution in [0.1, 0.15) is 13.3 Å². The van der Waals surface area contributed by atoms with Gasteiger partial charge in [0.15, 0.2) is 0 Å². The Morgan fingerprint density at radius 2 is 2.29 bits per heavy atom. The Balaban J connectivity index is 2.59. The van der Waals surface area contributed by atoms with E-state index in [1.54, 1.807) is 0 Å². The lowest BCUT2D eigenvalue weighted by Crippen LogP contribution is -2.44. The maximum Gasteiger partial charge on any atom is 0.0599 e. The van der Waals surface area contributed by atoms with Crippen LogP contribution in [0.5, 0.6) is 0 Å². The Morgan fingerprint density at radius 3 is 2.86 bits per heavy atom. The van der Waals surface area contributed by atoms with Gasteiger partial charge in [0.25, 0.3) is 0 Å². The fourth-order valence-corrected chi connectivity index (χ4v) is 1.99. The quantitative estimate of drug-likeness (QED) is 0.671. The lowest BCUT2D eigenvalue weighted by atomic mass is 10.2. The molecule has 0 aromatic carbocycles. The van der Waals surface area contributed by atoms with Crippen molar-refractivity contribution < 1.29 is 5.11 Å². The second-order valence-electron chi connectivity index (χ2n) is 4.19. The highest BCUT2D eigenvalue weighted by atomic mass is 16.3. The molecule has 3 nitrogen and oxygen atoms in total. The van der Waals surface area contributed by atoms with Crippen molar-refractivity contribution in [3.05, 3.63) is 12.7 Å². The maximum absolute atomic E-state index is 9.30. The molecule has 82 valence electrons. The molecular formula is C11H22N2O. The smallest absolute Gasteiger partial charge is 0.0599 e. The third-order valence-electron chi connectivity index (χ3n) is 3.20. The molecule has 0 aromatic rings. The molecule has 1 rings (SSSR count). The van der Waals surface area contributed by atoms with E-state index >= 15 is 0 Å². The molecule has 1 heterocycles. The predicted octanol–water partition coefficient (Wildman–Crippen LogP) is 0.559. The molecular weight excluding hydrogens is 176 g/mol. The van der Waals surface area contributed by atoms with Crippen LogP contribution in [0.3, 0.4) is 0 Å². The van der Waals surface area contributed by atoms with Gasteiger partial charge in [-0.05, 0) is 20.4 Å². The summed E-state index contributed by atoms with van der Waals surface area (Å²) in [6.45, 7) is 9.20. The predicted molar refractivity (Wildman–Crippen MR) is 59.4 cm³/mol. The van der Waals surface area contributed by atoms with Gasteiger partial charge in [-0.2, -0.15) is 0 Å². The zero-order chi connectivity index (χ0) is 10.6. The summed E-state index contributed by atoms with van der Waals surface area (Å²) < 4.78 is 0. The van der Waals surface area contributed by atoms with E-state index in [1.165, 1.54) is 6.42 Å². The molecule has 14 heavy (non-hydrogen) atoms. The third-order valence-corrected chi connectivity index (χ3v) is 3.20. The van der Waals surface area contributed by atoms with Gasteiger partial charge in [-0.1, -0.05) is 6.08 Å². The zero-order valence-corrected chi connectivity index (χ0v) is 9.32. The molecule has 0 saturated carbocycles. The SMILES string of the molecule is C=CCN1CCC(C)N(C)C(CO)C1. The molecule has 0 aliphatic carbocycles. The minimum atomic E-state index is 0.245. The van der Waals surface area contributed by atoms with Gasteiger partial charge >= 0.3 is 0 Å². The Bertz CT molecular complexity index is 184. The lowest BCUT2D eigenvalue weighted by molar-refractivity contribution is 0.112. The normalized spacial score (nSPS) is 31.4. The second-order valence-corrected chi connectivity index (χ2v) is 4.19. The number of hydrogen-bond donors (Lipinski definition) is 1. The van der Waals surface area contributed by atoms with Crippen LogP contribution < -0.4 is 0 Å². The summed E-state index contributed by atoms with van der Waals surface area (Å²) in [5, 5.41) is 9.30. The molecule has 1 aliphatic rings. The largest absolute Gasteiger partial charge is 0.395 e. The van der Waals surface area contributed by atoms with Crippen LogP contribution >= 0.6 is 0 Å². The molecule has 1 fully saturated rings. The van der Waals surface area contributed by atoms with E-state index in [2.05, 4.69) is 30.4 Å². The van der Waals surface area contributed by atoms with Gasteiger partial charge in [0.05, 0.1) is 6.61 Å². The first kappa shape index (κ1) is 11.7. The van der Waals surface area contributed by atoms with Gasteiger partial charge in [-0.3, -0.25) is 9.80 Å². The highest BCUT2D eigenvalue weighted by Gasteiger charge is 2.25. The summed E-state index contributed by atoms with van der Waals surface area (Å²) >= 11 is 0. The Morgan fingerprint density at radius 1 is 1.57 bits per heavy atom. The molecule has 1 saturated heterocycles. The number of aliphatic hydroxyl groups is 1. The van der Waals surface area contributed by atoms with Crippen molar-refractivity contribution in [3.63, 3.8) is 0 Å². The molecule has 3 heteroatoms. The number of aliphatic hydroxyl groups excluding tert-OH is 1. The fraction of sp³-hybridized carbons (Fsp3) is 0.818. The average Bonchev–Trinajstić information content (AvgIpc) is 2.31. The van der Waals surface area contributed by atoms with Gasteiger partial charge in [0.1, 0.15) is 0 Å². The standard InChI is InChI=1S/C11H22N2O/c1-4-6-13-7-5-10(2)12(3)11(8-13)9-14/h4,10-11,14H,1,5-9H2,2-3H3. The minimum Gasteiger partial charge on any atom is -0.395 e. The molecule has 0 amide bonds. The number of nitrogens with zero attached hydrogens (tertiary/aromatic N) is 2. The van der Waals surface area contributed by atoms with Crippen molar-refractivity contribution in [2.45, 2.75) is 25.4 Å². The maximum atomic E-state index is 9.30. The van der Waals surface area contributed by atoms with Gasteiger partial charge < -0.3 is 5.11 Å². The third kappa shape index (κ3) is 2.80. The van der Waals surface area contributed by atoms with E-state index in [1.807, 2.05) is 6.08 Å². The number of hydrogen-bond acceptors (Lipinski definition) is 3. The van der Waals surface area contributed by atoms with Crippen molar-refractivity contribution in [2.75, 3.05) is 33.3 Å². The van der Waals surface area contributed by atoms with Crippen molar-refractivity contribution in [3.8, 4) is 0 Å². The molecule has 2 atom stereocenters. The first-order chi connectivity index (χ1) is 6.69. The van der Waals surface area contributed by atoms with E-state index in [0.717, 1.165) is 19.6 Å². The van der Waals surface area contributed by atoms with Gasteiger partial charge in [0.2, 0.25) is 0 Å². The molecule has 0 spiro atoms. The Kier molecular flexibility index (Phi) is 4.58. The monoisotopic (exact) mass is 198 g/mol. The second kappa shape index (κ2) is 5.49. The number of likely N-dealkylation sites (N-methyl/N-ethyl adjacent to an activating group) is 1. The number of rotatable bonds is 3. The van der Waals surface area contributed by atoms with Crippen LogP contribution in [0, 0.1) is 0 Å². The van der Waals surface area contributed by atoms with E-state index in [9.17, 15) is 5.11 Å². The first-order valence-electron chi connectivity index (χ1n) is 5.35. The molecule has 0 radical (unpaired) electrons.